The van der Waals surface area contributed by atoms with E-state index in [1.807, 2.05) is 6.92 Å². The van der Waals surface area contributed by atoms with Crippen LogP contribution in [0.1, 0.15) is 52.4 Å². The Morgan fingerprint density at radius 1 is 1.40 bits per heavy atom. The summed E-state index contributed by atoms with van der Waals surface area (Å²) in [5.41, 5.74) is 0. The lowest BCUT2D eigenvalue weighted by atomic mass is 10.1. The molecule has 1 aliphatic rings. The number of hydrogen-bond donors (Lipinski definition) is 0. The quantitative estimate of drug-likeness (QED) is 0.503. The predicted octanol–water partition coefficient (Wildman–Crippen LogP) is 2.68. The van der Waals surface area contributed by atoms with E-state index >= 15 is 0 Å². The fraction of sp³-hybridized carbons (Fsp3) is 0.917. The standard InChI is InChI=1S/C12H22O3/c1-3-4-5-6-7-12(13)15-11-8-9-14-10(11)2/h10-11H,3-9H2,1-2H3. The van der Waals surface area contributed by atoms with E-state index in [9.17, 15) is 4.79 Å². The second kappa shape index (κ2) is 6.83. The Kier molecular flexibility index (Phi) is 5.69. The summed E-state index contributed by atoms with van der Waals surface area (Å²) in [6, 6.07) is 0. The second-order valence-electron chi connectivity index (χ2n) is 4.20. The van der Waals surface area contributed by atoms with E-state index in [-0.39, 0.29) is 18.2 Å². The molecule has 1 rings (SSSR count). The SMILES string of the molecule is CCCCCCC(=O)OC1CCOC1C. The third-order valence-electron chi connectivity index (χ3n) is 2.82. The summed E-state index contributed by atoms with van der Waals surface area (Å²) in [7, 11) is 0. The number of unbranched alkanes of at least 4 members (excludes halogenated alkanes) is 3. The Labute approximate surface area is 92.1 Å². The van der Waals surface area contributed by atoms with Crippen molar-refractivity contribution in [3.8, 4) is 0 Å². The van der Waals surface area contributed by atoms with Crippen molar-refractivity contribution in [1.29, 1.82) is 0 Å². The Hall–Kier alpha value is -0.570. The van der Waals surface area contributed by atoms with Crippen LogP contribution in [0.5, 0.6) is 0 Å². The fourth-order valence-corrected chi connectivity index (χ4v) is 1.79. The molecule has 0 radical (unpaired) electrons. The smallest absolute Gasteiger partial charge is 0.306 e. The first-order valence-corrected chi connectivity index (χ1v) is 6.05. The van der Waals surface area contributed by atoms with Gasteiger partial charge in [0.15, 0.2) is 0 Å². The Morgan fingerprint density at radius 3 is 2.80 bits per heavy atom. The van der Waals surface area contributed by atoms with Gasteiger partial charge in [-0.25, -0.2) is 0 Å². The minimum Gasteiger partial charge on any atom is -0.460 e. The molecule has 15 heavy (non-hydrogen) atoms. The van der Waals surface area contributed by atoms with Crippen LogP contribution in [-0.2, 0) is 14.3 Å². The van der Waals surface area contributed by atoms with E-state index in [1.165, 1.54) is 12.8 Å². The summed E-state index contributed by atoms with van der Waals surface area (Å²) < 4.78 is 10.7. The molecule has 3 heteroatoms. The molecular formula is C12H22O3. The summed E-state index contributed by atoms with van der Waals surface area (Å²) in [5, 5.41) is 0. The largest absolute Gasteiger partial charge is 0.460 e. The molecule has 0 aliphatic carbocycles. The first-order valence-electron chi connectivity index (χ1n) is 6.05. The van der Waals surface area contributed by atoms with Gasteiger partial charge in [0, 0.05) is 12.8 Å². The van der Waals surface area contributed by atoms with Gasteiger partial charge < -0.3 is 9.47 Å². The molecule has 0 aromatic carbocycles. The summed E-state index contributed by atoms with van der Waals surface area (Å²) in [5.74, 6) is -0.0616. The lowest BCUT2D eigenvalue weighted by Gasteiger charge is -2.14. The maximum absolute atomic E-state index is 11.4. The fourth-order valence-electron chi connectivity index (χ4n) is 1.79. The average molecular weight is 214 g/mol. The minimum atomic E-state index is -0.0616. The molecular weight excluding hydrogens is 192 g/mol. The van der Waals surface area contributed by atoms with E-state index in [0.717, 1.165) is 25.9 Å². The zero-order chi connectivity index (χ0) is 11.1. The van der Waals surface area contributed by atoms with Gasteiger partial charge in [-0.1, -0.05) is 26.2 Å². The molecule has 0 aromatic rings. The average Bonchev–Trinajstić information content (AvgIpc) is 2.59. The van der Waals surface area contributed by atoms with Gasteiger partial charge in [0.1, 0.15) is 6.10 Å². The molecule has 1 heterocycles. The van der Waals surface area contributed by atoms with Crippen molar-refractivity contribution >= 4 is 5.97 Å². The highest BCUT2D eigenvalue weighted by Gasteiger charge is 2.27. The van der Waals surface area contributed by atoms with Gasteiger partial charge in [-0.15, -0.1) is 0 Å². The maximum Gasteiger partial charge on any atom is 0.306 e. The van der Waals surface area contributed by atoms with Gasteiger partial charge in [0.25, 0.3) is 0 Å². The van der Waals surface area contributed by atoms with Gasteiger partial charge in [-0.05, 0) is 13.3 Å². The molecule has 1 fully saturated rings. The van der Waals surface area contributed by atoms with E-state index in [1.54, 1.807) is 0 Å². The molecule has 88 valence electrons. The minimum absolute atomic E-state index is 0.0105. The highest BCUT2D eigenvalue weighted by molar-refractivity contribution is 5.69. The van der Waals surface area contributed by atoms with Crippen molar-refractivity contribution in [1.82, 2.24) is 0 Å². The van der Waals surface area contributed by atoms with Crippen LogP contribution in [0.2, 0.25) is 0 Å². The number of carbonyl (C=O) groups is 1. The molecule has 0 aromatic heterocycles. The number of carbonyl (C=O) groups excluding carboxylic acids is 1. The monoisotopic (exact) mass is 214 g/mol. The zero-order valence-electron chi connectivity index (χ0n) is 9.83. The van der Waals surface area contributed by atoms with Crippen LogP contribution in [0.4, 0.5) is 0 Å². The molecule has 2 atom stereocenters. The van der Waals surface area contributed by atoms with Crippen LogP contribution in [0.25, 0.3) is 0 Å². The van der Waals surface area contributed by atoms with Gasteiger partial charge in [-0.3, -0.25) is 4.79 Å². The van der Waals surface area contributed by atoms with E-state index in [0.29, 0.717) is 6.42 Å². The molecule has 1 aliphatic heterocycles. The van der Waals surface area contributed by atoms with E-state index in [4.69, 9.17) is 9.47 Å². The van der Waals surface area contributed by atoms with Crippen molar-refractivity contribution in [3.05, 3.63) is 0 Å². The number of rotatable bonds is 6. The zero-order valence-corrected chi connectivity index (χ0v) is 9.83. The number of esters is 1. The Bertz CT molecular complexity index is 191. The molecule has 0 bridgehead atoms. The van der Waals surface area contributed by atoms with Gasteiger partial charge in [0.2, 0.25) is 0 Å². The van der Waals surface area contributed by atoms with E-state index in [2.05, 4.69) is 6.92 Å². The van der Waals surface area contributed by atoms with Crippen LogP contribution in [0.3, 0.4) is 0 Å². The Balaban J connectivity index is 2.07. The Morgan fingerprint density at radius 2 is 2.20 bits per heavy atom. The van der Waals surface area contributed by atoms with Crippen LogP contribution in [0, 0.1) is 0 Å². The maximum atomic E-state index is 11.4. The molecule has 3 nitrogen and oxygen atoms in total. The highest BCUT2D eigenvalue weighted by atomic mass is 16.6. The summed E-state index contributed by atoms with van der Waals surface area (Å²) in [4.78, 5) is 11.4. The van der Waals surface area contributed by atoms with Crippen LogP contribution < -0.4 is 0 Å². The van der Waals surface area contributed by atoms with Crippen molar-refractivity contribution in [3.63, 3.8) is 0 Å². The van der Waals surface area contributed by atoms with Crippen molar-refractivity contribution < 1.29 is 14.3 Å². The van der Waals surface area contributed by atoms with Crippen molar-refractivity contribution in [2.45, 2.75) is 64.6 Å². The summed E-state index contributed by atoms with van der Waals surface area (Å²) >= 11 is 0. The highest BCUT2D eigenvalue weighted by Crippen LogP contribution is 2.17. The van der Waals surface area contributed by atoms with Crippen molar-refractivity contribution in [2.24, 2.45) is 0 Å². The van der Waals surface area contributed by atoms with Gasteiger partial charge in [0.05, 0.1) is 12.7 Å². The van der Waals surface area contributed by atoms with Crippen LogP contribution >= 0.6 is 0 Å². The predicted molar refractivity (Wildman–Crippen MR) is 58.7 cm³/mol. The third-order valence-corrected chi connectivity index (χ3v) is 2.82. The lowest BCUT2D eigenvalue weighted by molar-refractivity contribution is -0.151. The molecule has 2 unspecified atom stereocenters. The first-order chi connectivity index (χ1) is 7.24. The topological polar surface area (TPSA) is 35.5 Å². The van der Waals surface area contributed by atoms with Crippen molar-refractivity contribution in [2.75, 3.05) is 6.61 Å². The normalized spacial score (nSPS) is 25.5. The van der Waals surface area contributed by atoms with Crippen LogP contribution in [-0.4, -0.2) is 24.8 Å². The lowest BCUT2D eigenvalue weighted by Crippen LogP contribution is -2.24. The third kappa shape index (κ3) is 4.65. The molecule has 0 N–H and O–H groups in total. The number of hydrogen-bond acceptors (Lipinski definition) is 3. The first kappa shape index (κ1) is 12.5. The molecule has 1 saturated heterocycles. The summed E-state index contributed by atoms with van der Waals surface area (Å²) in [6.45, 7) is 4.84. The summed E-state index contributed by atoms with van der Waals surface area (Å²) in [6.07, 6.45) is 5.95. The van der Waals surface area contributed by atoms with Gasteiger partial charge >= 0.3 is 5.97 Å². The molecule has 0 saturated carbocycles. The number of ether oxygens (including phenoxy) is 2. The molecule has 0 spiro atoms. The molecule has 0 amide bonds. The van der Waals surface area contributed by atoms with Crippen LogP contribution in [0.15, 0.2) is 0 Å². The van der Waals surface area contributed by atoms with Gasteiger partial charge in [-0.2, -0.15) is 0 Å². The second-order valence-corrected chi connectivity index (χ2v) is 4.20. The van der Waals surface area contributed by atoms with E-state index < -0.39 is 0 Å².